The van der Waals surface area contributed by atoms with Gasteiger partial charge >= 0.3 is 0 Å². The predicted molar refractivity (Wildman–Crippen MR) is 78.8 cm³/mol. The van der Waals surface area contributed by atoms with Crippen LogP contribution in [0.15, 0.2) is 0 Å². The molecule has 0 bridgehead atoms. The Kier molecular flexibility index (Phi) is 3.81. The fourth-order valence-electron chi connectivity index (χ4n) is 3.36. The summed E-state index contributed by atoms with van der Waals surface area (Å²) in [5.41, 5.74) is 0.737. The van der Waals surface area contributed by atoms with Crippen LogP contribution >= 0.6 is 0 Å². The second-order valence-corrected chi connectivity index (χ2v) is 7.85. The molecule has 3 unspecified atom stereocenters. The number of nitrogens with one attached hydrogen (secondary N) is 1. The maximum atomic E-state index is 3.85. The van der Waals surface area contributed by atoms with Crippen molar-refractivity contribution >= 4 is 0 Å². The van der Waals surface area contributed by atoms with E-state index >= 15 is 0 Å². The number of hydrogen-bond donors (Lipinski definition) is 1. The van der Waals surface area contributed by atoms with Gasteiger partial charge < -0.3 is 5.32 Å². The molecular weight excluding hydrogens is 220 g/mol. The van der Waals surface area contributed by atoms with Crippen LogP contribution in [0.4, 0.5) is 0 Å². The summed E-state index contributed by atoms with van der Waals surface area (Å²) in [5.74, 6) is 0.921. The Morgan fingerprint density at radius 1 is 1.33 bits per heavy atom. The second kappa shape index (κ2) is 4.79. The molecule has 18 heavy (non-hydrogen) atoms. The number of nitrogens with zero attached hydrogens (tertiary/aromatic N) is 1. The lowest BCUT2D eigenvalue weighted by Gasteiger charge is -2.51. The first-order valence-electron chi connectivity index (χ1n) is 7.78. The minimum atomic E-state index is 0.366. The molecule has 0 amide bonds. The maximum Gasteiger partial charge on any atom is 0.0309 e. The van der Waals surface area contributed by atoms with Gasteiger partial charge in [-0.1, -0.05) is 27.7 Å². The molecule has 2 heteroatoms. The smallest absolute Gasteiger partial charge is 0.0309 e. The quantitative estimate of drug-likeness (QED) is 0.829. The van der Waals surface area contributed by atoms with Crippen LogP contribution in [0.2, 0.25) is 0 Å². The van der Waals surface area contributed by atoms with Gasteiger partial charge in [0, 0.05) is 30.7 Å². The average Bonchev–Trinajstić information content (AvgIpc) is 3.10. The van der Waals surface area contributed by atoms with Crippen LogP contribution in [0.3, 0.4) is 0 Å². The number of hydrogen-bond acceptors (Lipinski definition) is 2. The Morgan fingerprint density at radius 2 is 1.94 bits per heavy atom. The van der Waals surface area contributed by atoms with E-state index in [0.29, 0.717) is 23.0 Å². The monoisotopic (exact) mass is 252 g/mol. The molecule has 1 saturated carbocycles. The Balaban J connectivity index is 2.12. The van der Waals surface area contributed by atoms with E-state index in [1.165, 1.54) is 32.4 Å². The third-order valence-electron chi connectivity index (χ3n) is 5.42. The van der Waals surface area contributed by atoms with Gasteiger partial charge in [0.25, 0.3) is 0 Å². The summed E-state index contributed by atoms with van der Waals surface area (Å²) >= 11 is 0. The third-order valence-corrected chi connectivity index (χ3v) is 5.42. The molecular formula is C16H32N2. The first-order chi connectivity index (χ1) is 8.28. The van der Waals surface area contributed by atoms with Gasteiger partial charge in [0.05, 0.1) is 0 Å². The summed E-state index contributed by atoms with van der Waals surface area (Å²) in [7, 11) is 0. The van der Waals surface area contributed by atoms with E-state index in [1.54, 1.807) is 0 Å². The second-order valence-electron chi connectivity index (χ2n) is 7.85. The largest absolute Gasteiger partial charge is 0.308 e. The minimum Gasteiger partial charge on any atom is -0.308 e. The molecule has 1 aliphatic heterocycles. The fourth-order valence-corrected chi connectivity index (χ4v) is 3.36. The lowest BCUT2D eigenvalue weighted by Crippen LogP contribution is -2.66. The van der Waals surface area contributed by atoms with E-state index < -0.39 is 0 Å². The van der Waals surface area contributed by atoms with E-state index in [-0.39, 0.29) is 0 Å². The highest BCUT2D eigenvalue weighted by atomic mass is 15.3. The van der Waals surface area contributed by atoms with Crippen LogP contribution in [0.5, 0.6) is 0 Å². The topological polar surface area (TPSA) is 15.3 Å². The summed E-state index contributed by atoms with van der Waals surface area (Å²) in [5, 5.41) is 3.85. The Hall–Kier alpha value is -0.0800. The van der Waals surface area contributed by atoms with Crippen molar-refractivity contribution in [1.82, 2.24) is 10.2 Å². The lowest BCUT2D eigenvalue weighted by atomic mass is 9.82. The molecule has 0 aromatic carbocycles. The molecule has 0 spiro atoms. The van der Waals surface area contributed by atoms with Crippen molar-refractivity contribution in [3.05, 3.63) is 0 Å². The van der Waals surface area contributed by atoms with Crippen molar-refractivity contribution in [1.29, 1.82) is 0 Å². The molecule has 2 fully saturated rings. The van der Waals surface area contributed by atoms with Gasteiger partial charge in [-0.15, -0.1) is 0 Å². The highest BCUT2D eigenvalue weighted by molar-refractivity contribution is 5.05. The normalized spacial score (nSPS) is 36.7. The molecule has 1 aliphatic carbocycles. The van der Waals surface area contributed by atoms with Crippen molar-refractivity contribution in [2.45, 2.75) is 78.4 Å². The van der Waals surface area contributed by atoms with Crippen LogP contribution in [0.25, 0.3) is 0 Å². The van der Waals surface area contributed by atoms with Crippen LogP contribution in [-0.4, -0.2) is 35.6 Å². The maximum absolute atomic E-state index is 3.85. The number of piperazine rings is 1. The summed E-state index contributed by atoms with van der Waals surface area (Å²) in [6, 6.07) is 1.37. The molecule has 0 aromatic heterocycles. The Morgan fingerprint density at radius 3 is 2.39 bits per heavy atom. The van der Waals surface area contributed by atoms with Crippen molar-refractivity contribution in [3.8, 4) is 0 Å². The van der Waals surface area contributed by atoms with Gasteiger partial charge in [-0.25, -0.2) is 0 Å². The van der Waals surface area contributed by atoms with Gasteiger partial charge in [0.15, 0.2) is 0 Å². The van der Waals surface area contributed by atoms with E-state index in [2.05, 4.69) is 51.8 Å². The van der Waals surface area contributed by atoms with E-state index in [9.17, 15) is 0 Å². The molecule has 2 rings (SSSR count). The van der Waals surface area contributed by atoms with Crippen LogP contribution < -0.4 is 5.32 Å². The van der Waals surface area contributed by atoms with Gasteiger partial charge in [-0.05, 0) is 44.4 Å². The highest BCUT2D eigenvalue weighted by Gasteiger charge is 2.47. The van der Waals surface area contributed by atoms with Gasteiger partial charge in [-0.3, -0.25) is 4.90 Å². The minimum absolute atomic E-state index is 0.366. The molecule has 2 aliphatic rings. The Bertz CT molecular complexity index is 290. The van der Waals surface area contributed by atoms with E-state index in [4.69, 9.17) is 0 Å². The van der Waals surface area contributed by atoms with Crippen LogP contribution in [0, 0.1) is 11.3 Å². The molecule has 1 heterocycles. The van der Waals surface area contributed by atoms with Crippen LogP contribution in [0.1, 0.15) is 60.8 Å². The molecule has 1 N–H and O–H groups in total. The number of rotatable bonds is 3. The van der Waals surface area contributed by atoms with Crippen molar-refractivity contribution in [3.63, 3.8) is 0 Å². The van der Waals surface area contributed by atoms with Crippen molar-refractivity contribution in [2.75, 3.05) is 13.1 Å². The lowest BCUT2D eigenvalue weighted by molar-refractivity contribution is 0.00343. The van der Waals surface area contributed by atoms with Gasteiger partial charge in [0.1, 0.15) is 0 Å². The van der Waals surface area contributed by atoms with E-state index in [1.807, 2.05) is 0 Å². The van der Waals surface area contributed by atoms with Gasteiger partial charge in [0.2, 0.25) is 0 Å². The molecule has 106 valence electrons. The highest BCUT2D eigenvalue weighted by Crippen LogP contribution is 2.42. The average molecular weight is 252 g/mol. The third kappa shape index (κ3) is 2.75. The summed E-state index contributed by atoms with van der Waals surface area (Å²) in [4.78, 5) is 2.79. The predicted octanol–water partition coefficient (Wildman–Crippen LogP) is 3.27. The molecule has 0 aromatic rings. The van der Waals surface area contributed by atoms with Gasteiger partial charge in [-0.2, -0.15) is 0 Å². The summed E-state index contributed by atoms with van der Waals surface area (Å²) < 4.78 is 0. The standard InChI is InChI=1S/C16H32N2/c1-7-14-10-17-16(6,13-8-9-13)11-18(14)12(2)15(3,4)5/h12-14,17H,7-11H2,1-6H3. The van der Waals surface area contributed by atoms with Crippen molar-refractivity contribution < 1.29 is 0 Å². The fraction of sp³-hybridized carbons (Fsp3) is 1.00. The summed E-state index contributed by atoms with van der Waals surface area (Å²) in [6.45, 7) is 16.7. The SMILES string of the molecule is CCC1CNC(C)(C2CC2)CN1C(C)C(C)(C)C. The van der Waals surface area contributed by atoms with E-state index in [0.717, 1.165) is 5.92 Å². The molecule has 3 atom stereocenters. The summed E-state index contributed by atoms with van der Waals surface area (Å²) in [6.07, 6.45) is 4.12. The first kappa shape index (κ1) is 14.3. The Labute approximate surface area is 114 Å². The zero-order chi connectivity index (χ0) is 13.6. The zero-order valence-corrected chi connectivity index (χ0v) is 13.2. The van der Waals surface area contributed by atoms with Crippen molar-refractivity contribution in [2.24, 2.45) is 11.3 Å². The molecule has 2 nitrogen and oxygen atoms in total. The first-order valence-corrected chi connectivity index (χ1v) is 7.78. The molecule has 1 saturated heterocycles. The van der Waals surface area contributed by atoms with Crippen LogP contribution in [-0.2, 0) is 0 Å². The zero-order valence-electron chi connectivity index (χ0n) is 13.2. The molecule has 0 radical (unpaired) electrons.